The Morgan fingerprint density at radius 1 is 1.24 bits per heavy atom. The van der Waals surface area contributed by atoms with Crippen molar-refractivity contribution in [3.05, 3.63) is 54.4 Å². The van der Waals surface area contributed by atoms with Gasteiger partial charge in [-0.1, -0.05) is 12.8 Å². The van der Waals surface area contributed by atoms with Crippen molar-refractivity contribution in [3.8, 4) is 5.75 Å². The monoisotopic (exact) mass is 339 g/mol. The number of aromatic nitrogens is 1. The van der Waals surface area contributed by atoms with Gasteiger partial charge in [-0.15, -0.1) is 0 Å². The largest absolute Gasteiger partial charge is 0.489 e. The lowest BCUT2D eigenvalue weighted by Crippen LogP contribution is -2.51. The summed E-state index contributed by atoms with van der Waals surface area (Å²) in [5.41, 5.74) is 7.72. The molecule has 1 aromatic heterocycles. The maximum atomic E-state index is 12.6. The molecule has 5 heteroatoms. The number of carbonyl (C=O) groups excluding carboxylic acids is 1. The number of amides is 1. The SMILES string of the molecule is CC1(N)CCCCC1C(=O)Nc1ccc(OCc2ccncc2)cc1. The second-order valence-corrected chi connectivity index (χ2v) is 6.96. The molecule has 0 bridgehead atoms. The number of benzene rings is 1. The summed E-state index contributed by atoms with van der Waals surface area (Å²) in [5, 5.41) is 2.99. The lowest BCUT2D eigenvalue weighted by molar-refractivity contribution is -0.122. The standard InChI is InChI=1S/C20H25N3O2/c1-20(21)11-3-2-4-18(20)19(24)23-16-5-7-17(8-6-16)25-14-15-9-12-22-13-10-15/h5-10,12-13,18H,2-4,11,14,21H2,1H3,(H,23,24). The minimum atomic E-state index is -0.421. The summed E-state index contributed by atoms with van der Waals surface area (Å²) < 4.78 is 5.74. The van der Waals surface area contributed by atoms with Crippen molar-refractivity contribution in [2.75, 3.05) is 5.32 Å². The van der Waals surface area contributed by atoms with Crippen LogP contribution >= 0.6 is 0 Å². The second-order valence-electron chi connectivity index (χ2n) is 6.96. The molecule has 1 aromatic carbocycles. The third-order valence-corrected chi connectivity index (χ3v) is 4.85. The van der Waals surface area contributed by atoms with Gasteiger partial charge in [0.1, 0.15) is 12.4 Å². The first-order chi connectivity index (χ1) is 12.0. The normalized spacial score (nSPS) is 23.0. The van der Waals surface area contributed by atoms with Gasteiger partial charge in [0.2, 0.25) is 5.91 Å². The third-order valence-electron chi connectivity index (χ3n) is 4.85. The van der Waals surface area contributed by atoms with E-state index in [2.05, 4.69) is 10.3 Å². The van der Waals surface area contributed by atoms with Gasteiger partial charge in [0.05, 0.1) is 5.92 Å². The van der Waals surface area contributed by atoms with Crippen LogP contribution < -0.4 is 15.8 Å². The van der Waals surface area contributed by atoms with E-state index in [-0.39, 0.29) is 11.8 Å². The van der Waals surface area contributed by atoms with Gasteiger partial charge in [0.25, 0.3) is 0 Å². The van der Waals surface area contributed by atoms with Crippen molar-refractivity contribution >= 4 is 11.6 Å². The second kappa shape index (κ2) is 7.66. The average Bonchev–Trinajstić information content (AvgIpc) is 2.61. The fourth-order valence-corrected chi connectivity index (χ4v) is 3.30. The highest BCUT2D eigenvalue weighted by Crippen LogP contribution is 2.32. The van der Waals surface area contributed by atoms with Gasteiger partial charge in [0.15, 0.2) is 0 Å². The van der Waals surface area contributed by atoms with Crippen LogP contribution in [0.25, 0.3) is 0 Å². The Labute approximate surface area is 148 Å². The van der Waals surface area contributed by atoms with E-state index >= 15 is 0 Å². The van der Waals surface area contributed by atoms with Gasteiger partial charge in [-0.25, -0.2) is 0 Å². The van der Waals surface area contributed by atoms with Crippen molar-refractivity contribution in [2.24, 2.45) is 11.7 Å². The van der Waals surface area contributed by atoms with Crippen LogP contribution in [0, 0.1) is 5.92 Å². The Hall–Kier alpha value is -2.40. The maximum Gasteiger partial charge on any atom is 0.229 e. The summed E-state index contributed by atoms with van der Waals surface area (Å²) in [6.07, 6.45) is 7.40. The van der Waals surface area contributed by atoms with Crippen molar-refractivity contribution < 1.29 is 9.53 Å². The molecular weight excluding hydrogens is 314 g/mol. The van der Waals surface area contributed by atoms with Crippen LogP contribution in [-0.4, -0.2) is 16.4 Å². The number of nitrogens with one attached hydrogen (secondary N) is 1. The highest BCUT2D eigenvalue weighted by Gasteiger charge is 2.37. The van der Waals surface area contributed by atoms with E-state index in [0.717, 1.165) is 42.7 Å². The summed E-state index contributed by atoms with van der Waals surface area (Å²) in [6.45, 7) is 2.47. The Morgan fingerprint density at radius 3 is 2.64 bits per heavy atom. The summed E-state index contributed by atoms with van der Waals surface area (Å²) in [4.78, 5) is 16.5. The van der Waals surface area contributed by atoms with Crippen LogP contribution in [0.15, 0.2) is 48.8 Å². The maximum absolute atomic E-state index is 12.6. The van der Waals surface area contributed by atoms with Gasteiger partial charge in [-0.05, 0) is 61.7 Å². The zero-order valence-electron chi connectivity index (χ0n) is 14.6. The zero-order chi connectivity index (χ0) is 17.7. The fraction of sp³-hybridized carbons (Fsp3) is 0.400. The lowest BCUT2D eigenvalue weighted by atomic mass is 9.74. The van der Waals surface area contributed by atoms with E-state index in [9.17, 15) is 4.79 Å². The van der Waals surface area contributed by atoms with E-state index in [4.69, 9.17) is 10.5 Å². The number of ether oxygens (including phenoxy) is 1. The lowest BCUT2D eigenvalue weighted by Gasteiger charge is -2.37. The third kappa shape index (κ3) is 4.57. The number of anilines is 1. The molecule has 2 aromatic rings. The molecular formula is C20H25N3O2. The van der Waals surface area contributed by atoms with E-state index in [0.29, 0.717) is 6.61 Å². The van der Waals surface area contributed by atoms with Gasteiger partial charge in [0, 0.05) is 23.6 Å². The molecule has 0 saturated heterocycles. The van der Waals surface area contributed by atoms with Gasteiger partial charge in [-0.2, -0.15) is 0 Å². The molecule has 0 spiro atoms. The number of nitrogens with two attached hydrogens (primary N) is 1. The molecule has 25 heavy (non-hydrogen) atoms. The van der Waals surface area contributed by atoms with Crippen molar-refractivity contribution in [1.29, 1.82) is 0 Å². The summed E-state index contributed by atoms with van der Waals surface area (Å²) in [5.74, 6) is 0.634. The van der Waals surface area contributed by atoms with Crippen LogP contribution in [0.5, 0.6) is 5.75 Å². The van der Waals surface area contributed by atoms with Crippen LogP contribution in [-0.2, 0) is 11.4 Å². The summed E-state index contributed by atoms with van der Waals surface area (Å²) in [7, 11) is 0. The molecule has 1 aliphatic rings. The zero-order valence-corrected chi connectivity index (χ0v) is 14.6. The highest BCUT2D eigenvalue weighted by molar-refractivity contribution is 5.93. The molecule has 0 aliphatic heterocycles. The quantitative estimate of drug-likeness (QED) is 0.874. The molecule has 1 heterocycles. The Bertz CT molecular complexity index is 699. The summed E-state index contributed by atoms with van der Waals surface area (Å²) >= 11 is 0. The molecule has 2 atom stereocenters. The van der Waals surface area contributed by atoms with E-state index in [1.54, 1.807) is 12.4 Å². The summed E-state index contributed by atoms with van der Waals surface area (Å²) in [6, 6.07) is 11.3. The molecule has 1 amide bonds. The van der Waals surface area contributed by atoms with Gasteiger partial charge in [-0.3, -0.25) is 9.78 Å². The number of rotatable bonds is 5. The van der Waals surface area contributed by atoms with Crippen LogP contribution in [0.4, 0.5) is 5.69 Å². The van der Waals surface area contributed by atoms with Crippen LogP contribution in [0.1, 0.15) is 38.2 Å². The number of pyridine rings is 1. The number of hydrogen-bond donors (Lipinski definition) is 2. The molecule has 132 valence electrons. The van der Waals surface area contributed by atoms with Crippen LogP contribution in [0.3, 0.4) is 0 Å². The molecule has 1 aliphatic carbocycles. The first kappa shape index (κ1) is 17.4. The van der Waals surface area contributed by atoms with E-state index in [1.165, 1.54) is 0 Å². The van der Waals surface area contributed by atoms with Crippen LogP contribution in [0.2, 0.25) is 0 Å². The molecule has 3 rings (SSSR count). The smallest absolute Gasteiger partial charge is 0.229 e. The average molecular weight is 339 g/mol. The van der Waals surface area contributed by atoms with Gasteiger partial charge < -0.3 is 15.8 Å². The number of nitrogens with zero attached hydrogens (tertiary/aromatic N) is 1. The topological polar surface area (TPSA) is 77.2 Å². The first-order valence-electron chi connectivity index (χ1n) is 8.76. The Balaban J connectivity index is 1.56. The Kier molecular flexibility index (Phi) is 5.34. The molecule has 1 saturated carbocycles. The molecule has 1 fully saturated rings. The number of hydrogen-bond acceptors (Lipinski definition) is 4. The van der Waals surface area contributed by atoms with Gasteiger partial charge >= 0.3 is 0 Å². The predicted octanol–water partition coefficient (Wildman–Crippen LogP) is 3.51. The minimum Gasteiger partial charge on any atom is -0.489 e. The van der Waals surface area contributed by atoms with E-state index < -0.39 is 5.54 Å². The molecule has 0 radical (unpaired) electrons. The first-order valence-corrected chi connectivity index (χ1v) is 8.76. The van der Waals surface area contributed by atoms with Crippen molar-refractivity contribution in [3.63, 3.8) is 0 Å². The molecule has 5 nitrogen and oxygen atoms in total. The Morgan fingerprint density at radius 2 is 1.96 bits per heavy atom. The minimum absolute atomic E-state index is 0.00940. The number of carbonyl (C=O) groups is 1. The highest BCUT2D eigenvalue weighted by atomic mass is 16.5. The van der Waals surface area contributed by atoms with E-state index in [1.807, 2.05) is 43.3 Å². The fourth-order valence-electron chi connectivity index (χ4n) is 3.30. The van der Waals surface area contributed by atoms with Crippen molar-refractivity contribution in [2.45, 2.75) is 44.8 Å². The predicted molar refractivity (Wildman–Crippen MR) is 98.2 cm³/mol. The molecule has 2 unspecified atom stereocenters. The molecule has 3 N–H and O–H groups in total. The van der Waals surface area contributed by atoms with Crippen molar-refractivity contribution in [1.82, 2.24) is 4.98 Å².